The number of hydrogen-bond acceptors (Lipinski definition) is 5. The molecule has 146 valence electrons. The molecule has 5 nitrogen and oxygen atoms in total. The van der Waals surface area contributed by atoms with Gasteiger partial charge in [-0.3, -0.25) is 4.79 Å². The average molecular weight is 399 g/mol. The summed E-state index contributed by atoms with van der Waals surface area (Å²) < 4.78 is 20.6. The summed E-state index contributed by atoms with van der Waals surface area (Å²) in [6.07, 6.45) is 5.45. The van der Waals surface area contributed by atoms with Crippen LogP contribution in [0.3, 0.4) is 0 Å². The molecule has 0 saturated carbocycles. The first kappa shape index (κ1) is 17.8. The van der Waals surface area contributed by atoms with Crippen LogP contribution in [0.15, 0.2) is 29.1 Å². The van der Waals surface area contributed by atoms with Crippen molar-refractivity contribution in [2.75, 3.05) is 31.2 Å². The van der Waals surface area contributed by atoms with E-state index >= 15 is 0 Å². The highest BCUT2D eigenvalue weighted by Gasteiger charge is 2.25. The fourth-order valence-electron chi connectivity index (χ4n) is 4.17. The molecular formula is C21H22FN3O2S. The molecule has 1 fully saturated rings. The Morgan fingerprint density at radius 1 is 1.04 bits per heavy atom. The second-order valence-electron chi connectivity index (χ2n) is 7.37. The maximum absolute atomic E-state index is 13.7. The molecular weight excluding hydrogens is 377 g/mol. The van der Waals surface area contributed by atoms with E-state index in [4.69, 9.17) is 9.72 Å². The van der Waals surface area contributed by atoms with E-state index in [2.05, 4.69) is 4.90 Å². The van der Waals surface area contributed by atoms with Crippen molar-refractivity contribution in [3.05, 3.63) is 50.9 Å². The van der Waals surface area contributed by atoms with Gasteiger partial charge in [-0.05, 0) is 55.5 Å². The molecule has 2 aliphatic rings. The average Bonchev–Trinajstić information content (AvgIpc) is 2.91. The van der Waals surface area contributed by atoms with E-state index < -0.39 is 0 Å². The van der Waals surface area contributed by atoms with Gasteiger partial charge < -0.3 is 9.64 Å². The van der Waals surface area contributed by atoms with Gasteiger partial charge in [0, 0.05) is 18.0 Å². The van der Waals surface area contributed by atoms with Gasteiger partial charge in [0.15, 0.2) is 0 Å². The van der Waals surface area contributed by atoms with E-state index in [1.54, 1.807) is 28.0 Å². The summed E-state index contributed by atoms with van der Waals surface area (Å²) in [5, 5.41) is 0.753. The normalized spacial score (nSPS) is 17.5. The molecule has 0 bridgehead atoms. The van der Waals surface area contributed by atoms with Crippen LogP contribution in [0.4, 0.5) is 10.3 Å². The minimum absolute atomic E-state index is 0.0440. The second-order valence-corrected chi connectivity index (χ2v) is 8.46. The van der Waals surface area contributed by atoms with E-state index in [-0.39, 0.29) is 11.4 Å². The fourth-order valence-corrected chi connectivity index (χ4v) is 5.42. The zero-order chi connectivity index (χ0) is 19.1. The maximum Gasteiger partial charge on any atom is 0.268 e. The Hall–Kier alpha value is -2.25. The van der Waals surface area contributed by atoms with E-state index in [1.165, 1.54) is 35.4 Å². The number of benzene rings is 1. The van der Waals surface area contributed by atoms with Gasteiger partial charge in [-0.1, -0.05) is 6.42 Å². The van der Waals surface area contributed by atoms with Crippen LogP contribution in [-0.2, 0) is 17.6 Å². The van der Waals surface area contributed by atoms with Crippen LogP contribution in [0.2, 0.25) is 0 Å². The van der Waals surface area contributed by atoms with Crippen molar-refractivity contribution in [1.29, 1.82) is 0 Å². The van der Waals surface area contributed by atoms with Crippen LogP contribution in [0.5, 0.6) is 0 Å². The third-order valence-electron chi connectivity index (χ3n) is 5.60. The maximum atomic E-state index is 13.7. The third kappa shape index (κ3) is 3.02. The fraction of sp³-hybridized carbons (Fsp3) is 0.429. The largest absolute Gasteiger partial charge is 0.378 e. The van der Waals surface area contributed by atoms with Crippen molar-refractivity contribution < 1.29 is 9.13 Å². The van der Waals surface area contributed by atoms with Crippen LogP contribution < -0.4 is 10.5 Å². The summed E-state index contributed by atoms with van der Waals surface area (Å²) in [6.45, 7) is 2.59. The molecule has 0 unspecified atom stereocenters. The van der Waals surface area contributed by atoms with E-state index in [1.807, 2.05) is 0 Å². The lowest BCUT2D eigenvalue weighted by molar-refractivity contribution is 0.122. The van der Waals surface area contributed by atoms with Gasteiger partial charge in [0.2, 0.25) is 5.95 Å². The molecule has 1 aliphatic heterocycles. The predicted molar refractivity (Wildman–Crippen MR) is 109 cm³/mol. The molecule has 1 aliphatic carbocycles. The monoisotopic (exact) mass is 399 g/mol. The van der Waals surface area contributed by atoms with Crippen molar-refractivity contribution in [3.63, 3.8) is 0 Å². The Bertz CT molecular complexity index is 1070. The lowest BCUT2D eigenvalue weighted by Crippen LogP contribution is -2.40. The number of ether oxygens (including phenoxy) is 1. The Morgan fingerprint density at radius 2 is 1.79 bits per heavy atom. The molecule has 1 saturated heterocycles. The number of hydrogen-bond donors (Lipinski definition) is 0. The second kappa shape index (κ2) is 7.29. The number of thiophene rings is 1. The van der Waals surface area contributed by atoms with Crippen molar-refractivity contribution >= 4 is 27.5 Å². The summed E-state index contributed by atoms with van der Waals surface area (Å²) in [4.78, 5) is 22.9. The molecule has 3 heterocycles. The molecule has 0 amide bonds. The summed E-state index contributed by atoms with van der Waals surface area (Å²) in [5.74, 6) is 0.312. The lowest BCUT2D eigenvalue weighted by Gasteiger charge is -2.29. The molecule has 0 spiro atoms. The number of aryl methyl sites for hydroxylation is 2. The summed E-state index contributed by atoms with van der Waals surface area (Å²) in [7, 11) is 0. The van der Waals surface area contributed by atoms with Gasteiger partial charge in [-0.2, -0.15) is 0 Å². The molecule has 0 atom stereocenters. The highest BCUT2D eigenvalue weighted by Crippen LogP contribution is 2.34. The van der Waals surface area contributed by atoms with E-state index in [9.17, 15) is 9.18 Å². The summed E-state index contributed by atoms with van der Waals surface area (Å²) >= 11 is 1.67. The first-order valence-electron chi connectivity index (χ1n) is 9.88. The van der Waals surface area contributed by atoms with E-state index in [0.29, 0.717) is 37.9 Å². The summed E-state index contributed by atoms with van der Waals surface area (Å²) in [5.41, 5.74) is 1.78. The van der Waals surface area contributed by atoms with Crippen LogP contribution in [0.25, 0.3) is 15.9 Å². The standard InChI is InChI=1S/C21H22FN3O2S/c22-14-6-8-15(9-7-14)25-20(26)18-16-4-2-1-3-5-17(16)28-19(18)23-21(25)24-10-12-27-13-11-24/h6-9H,1-5,10-13H2. The lowest BCUT2D eigenvalue weighted by atomic mass is 10.1. The van der Waals surface area contributed by atoms with Crippen LogP contribution in [-0.4, -0.2) is 35.9 Å². The molecule has 7 heteroatoms. The minimum Gasteiger partial charge on any atom is -0.378 e. The van der Waals surface area contributed by atoms with Gasteiger partial charge in [0.05, 0.1) is 24.3 Å². The van der Waals surface area contributed by atoms with Crippen LogP contribution in [0.1, 0.15) is 29.7 Å². The smallest absolute Gasteiger partial charge is 0.268 e. The first-order chi connectivity index (χ1) is 13.7. The van der Waals surface area contributed by atoms with Gasteiger partial charge in [0.1, 0.15) is 10.6 Å². The number of halogens is 1. The van der Waals surface area contributed by atoms with E-state index in [0.717, 1.165) is 29.5 Å². The van der Waals surface area contributed by atoms with Gasteiger partial charge >= 0.3 is 0 Å². The Labute approximate surface area is 166 Å². The number of rotatable bonds is 2. The molecule has 2 aromatic heterocycles. The third-order valence-corrected chi connectivity index (χ3v) is 6.79. The minimum atomic E-state index is -0.317. The topological polar surface area (TPSA) is 47.4 Å². The molecule has 0 N–H and O–H groups in total. The number of fused-ring (bicyclic) bond motifs is 3. The Balaban J connectivity index is 1.77. The van der Waals surface area contributed by atoms with Gasteiger partial charge in [-0.15, -0.1) is 11.3 Å². The van der Waals surface area contributed by atoms with Crippen molar-refractivity contribution in [3.8, 4) is 5.69 Å². The zero-order valence-corrected chi connectivity index (χ0v) is 16.4. The molecule has 5 rings (SSSR count). The number of morpholine rings is 1. The first-order valence-corrected chi connectivity index (χ1v) is 10.7. The number of anilines is 1. The zero-order valence-electron chi connectivity index (χ0n) is 15.6. The van der Waals surface area contributed by atoms with Crippen LogP contribution >= 0.6 is 11.3 Å². The SMILES string of the molecule is O=c1c2c3c(sc2nc(N2CCOCC2)n1-c1ccc(F)cc1)CCCCC3. The van der Waals surface area contributed by atoms with Crippen molar-refractivity contribution in [2.45, 2.75) is 32.1 Å². The van der Waals surface area contributed by atoms with Gasteiger partial charge in [0.25, 0.3) is 5.56 Å². The Morgan fingerprint density at radius 3 is 2.57 bits per heavy atom. The van der Waals surface area contributed by atoms with Crippen molar-refractivity contribution in [1.82, 2.24) is 9.55 Å². The van der Waals surface area contributed by atoms with Crippen molar-refractivity contribution in [2.24, 2.45) is 0 Å². The Kier molecular flexibility index (Phi) is 4.64. The predicted octanol–water partition coefficient (Wildman–Crippen LogP) is 3.69. The highest BCUT2D eigenvalue weighted by molar-refractivity contribution is 7.18. The van der Waals surface area contributed by atoms with Crippen LogP contribution in [0, 0.1) is 5.82 Å². The molecule has 0 radical (unpaired) electrons. The number of nitrogens with zero attached hydrogens (tertiary/aromatic N) is 3. The molecule has 1 aromatic carbocycles. The quantitative estimate of drug-likeness (QED) is 0.617. The molecule has 28 heavy (non-hydrogen) atoms. The molecule has 3 aromatic rings. The number of aromatic nitrogens is 2. The highest BCUT2D eigenvalue weighted by atomic mass is 32.1. The summed E-state index contributed by atoms with van der Waals surface area (Å²) in [6, 6.07) is 6.09. The van der Waals surface area contributed by atoms with Gasteiger partial charge in [-0.25, -0.2) is 13.9 Å².